The lowest BCUT2D eigenvalue weighted by atomic mass is 10.3. The van der Waals surface area contributed by atoms with Crippen molar-refractivity contribution < 1.29 is 4.74 Å². The molecule has 18 heavy (non-hydrogen) atoms. The number of nitrogens with zero attached hydrogens (tertiary/aromatic N) is 3. The summed E-state index contributed by atoms with van der Waals surface area (Å²) < 4.78 is 5.45. The van der Waals surface area contributed by atoms with Crippen molar-refractivity contribution in [2.75, 3.05) is 10.7 Å². The highest BCUT2D eigenvalue weighted by Gasteiger charge is 2.35. The largest absolute Gasteiger partial charge is 0.461 e. The van der Waals surface area contributed by atoms with E-state index in [1.54, 1.807) is 0 Å². The molecule has 0 aliphatic heterocycles. The second-order valence-electron chi connectivity index (χ2n) is 4.73. The van der Waals surface area contributed by atoms with Crippen molar-refractivity contribution in [3.63, 3.8) is 0 Å². The summed E-state index contributed by atoms with van der Waals surface area (Å²) in [6.45, 7) is 6.01. The van der Waals surface area contributed by atoms with Crippen molar-refractivity contribution in [1.29, 1.82) is 0 Å². The van der Waals surface area contributed by atoms with Gasteiger partial charge in [-0.1, -0.05) is 13.3 Å². The number of rotatable bonds is 6. The fraction of sp³-hybridized carbons (Fsp3) is 0.727. The van der Waals surface area contributed by atoms with E-state index in [0.717, 1.165) is 6.42 Å². The second-order valence-corrected chi connectivity index (χ2v) is 4.73. The average molecular weight is 252 g/mol. The number of nitrogens with one attached hydrogen (secondary N) is 2. The van der Waals surface area contributed by atoms with Gasteiger partial charge < -0.3 is 10.1 Å². The molecule has 7 heteroatoms. The van der Waals surface area contributed by atoms with Crippen LogP contribution in [0.1, 0.15) is 33.6 Å². The summed E-state index contributed by atoms with van der Waals surface area (Å²) in [6, 6.07) is 0.735. The molecule has 2 rings (SSSR count). The summed E-state index contributed by atoms with van der Waals surface area (Å²) in [5.74, 6) is 6.86. The Kier molecular flexibility index (Phi) is 3.81. The van der Waals surface area contributed by atoms with Crippen LogP contribution in [-0.4, -0.2) is 27.1 Å². The lowest BCUT2D eigenvalue weighted by Gasteiger charge is -2.10. The van der Waals surface area contributed by atoms with E-state index < -0.39 is 0 Å². The van der Waals surface area contributed by atoms with Crippen LogP contribution in [0.25, 0.3) is 0 Å². The van der Waals surface area contributed by atoms with E-state index in [1.165, 1.54) is 6.42 Å². The van der Waals surface area contributed by atoms with Gasteiger partial charge >= 0.3 is 6.01 Å². The number of hydrogen-bond donors (Lipinski definition) is 3. The molecular weight excluding hydrogens is 232 g/mol. The molecule has 100 valence electrons. The molecule has 2 unspecified atom stereocenters. The number of hydrogen-bond acceptors (Lipinski definition) is 7. The number of nitrogen functional groups attached to an aromatic ring is 1. The van der Waals surface area contributed by atoms with Crippen LogP contribution >= 0.6 is 0 Å². The molecule has 2 atom stereocenters. The Morgan fingerprint density at radius 3 is 2.61 bits per heavy atom. The van der Waals surface area contributed by atoms with E-state index in [2.05, 4.69) is 32.6 Å². The fourth-order valence-corrected chi connectivity index (χ4v) is 1.79. The first-order chi connectivity index (χ1) is 8.62. The first-order valence-corrected chi connectivity index (χ1v) is 6.28. The van der Waals surface area contributed by atoms with Crippen LogP contribution in [0.3, 0.4) is 0 Å². The van der Waals surface area contributed by atoms with Gasteiger partial charge in [-0.3, -0.25) is 5.43 Å². The zero-order valence-corrected chi connectivity index (χ0v) is 11.0. The van der Waals surface area contributed by atoms with Crippen molar-refractivity contribution in [1.82, 2.24) is 15.0 Å². The topological polar surface area (TPSA) is 98.0 Å². The molecular formula is C11H20N6O. The minimum absolute atomic E-state index is 0.00943. The van der Waals surface area contributed by atoms with E-state index >= 15 is 0 Å². The highest BCUT2D eigenvalue weighted by molar-refractivity contribution is 5.37. The van der Waals surface area contributed by atoms with Gasteiger partial charge in [0.05, 0.1) is 6.10 Å². The quantitative estimate of drug-likeness (QED) is 0.516. The lowest BCUT2D eigenvalue weighted by Crippen LogP contribution is -2.17. The maximum Gasteiger partial charge on any atom is 0.323 e. The molecule has 4 N–H and O–H groups in total. The standard InChI is InChI=1S/C11H20N6O/c1-4-7-5-8(7)13-9-14-10(17-12)16-11(15-9)18-6(2)3/h6-8H,4-5,12H2,1-3H3,(H2,13,14,15,16,17). The Balaban J connectivity index is 2.08. The number of ether oxygens (including phenoxy) is 1. The van der Waals surface area contributed by atoms with Gasteiger partial charge in [0, 0.05) is 6.04 Å². The van der Waals surface area contributed by atoms with Crippen LogP contribution in [0.2, 0.25) is 0 Å². The van der Waals surface area contributed by atoms with Crippen molar-refractivity contribution in [3.8, 4) is 6.01 Å². The van der Waals surface area contributed by atoms with E-state index in [-0.39, 0.29) is 12.1 Å². The SMILES string of the molecule is CCC1CC1Nc1nc(NN)nc(OC(C)C)n1. The molecule has 0 amide bonds. The van der Waals surface area contributed by atoms with Gasteiger partial charge in [0.1, 0.15) is 0 Å². The number of hydrazine groups is 1. The molecule has 1 heterocycles. The smallest absolute Gasteiger partial charge is 0.323 e. The fourth-order valence-electron chi connectivity index (χ4n) is 1.79. The summed E-state index contributed by atoms with van der Waals surface area (Å²) in [7, 11) is 0. The third-order valence-electron chi connectivity index (χ3n) is 2.85. The van der Waals surface area contributed by atoms with E-state index in [9.17, 15) is 0 Å². The van der Waals surface area contributed by atoms with Crippen LogP contribution in [0.5, 0.6) is 6.01 Å². The van der Waals surface area contributed by atoms with Crippen LogP contribution < -0.4 is 21.3 Å². The summed E-state index contributed by atoms with van der Waals surface area (Å²) in [5, 5.41) is 3.27. The van der Waals surface area contributed by atoms with Gasteiger partial charge in [-0.25, -0.2) is 5.84 Å². The molecule has 7 nitrogen and oxygen atoms in total. The maximum atomic E-state index is 5.45. The zero-order chi connectivity index (χ0) is 13.1. The Labute approximate surface area is 107 Å². The second kappa shape index (κ2) is 5.34. The Bertz CT molecular complexity index is 411. The van der Waals surface area contributed by atoms with Crippen molar-refractivity contribution in [2.24, 2.45) is 11.8 Å². The molecule has 0 aromatic carbocycles. The molecule has 1 aliphatic carbocycles. The van der Waals surface area contributed by atoms with Crippen LogP contribution in [0.4, 0.5) is 11.9 Å². The van der Waals surface area contributed by atoms with Crippen LogP contribution in [0, 0.1) is 5.92 Å². The highest BCUT2D eigenvalue weighted by atomic mass is 16.5. The van der Waals surface area contributed by atoms with Crippen LogP contribution in [0.15, 0.2) is 0 Å². The molecule has 1 aromatic heterocycles. The number of aromatic nitrogens is 3. The Morgan fingerprint density at radius 1 is 1.33 bits per heavy atom. The van der Waals surface area contributed by atoms with Gasteiger partial charge in [0.2, 0.25) is 11.9 Å². The third-order valence-corrected chi connectivity index (χ3v) is 2.85. The normalized spacial score (nSPS) is 21.8. The summed E-state index contributed by atoms with van der Waals surface area (Å²) in [6.07, 6.45) is 2.34. The predicted octanol–water partition coefficient (Wildman–Crippen LogP) is 1.15. The van der Waals surface area contributed by atoms with E-state index in [1.807, 2.05) is 13.8 Å². The van der Waals surface area contributed by atoms with Gasteiger partial charge in [-0.2, -0.15) is 15.0 Å². The molecule has 1 saturated carbocycles. The van der Waals surface area contributed by atoms with E-state index in [0.29, 0.717) is 23.9 Å². The Hall–Kier alpha value is -1.63. The molecule has 0 spiro atoms. The summed E-state index contributed by atoms with van der Waals surface area (Å²) >= 11 is 0. The van der Waals surface area contributed by atoms with E-state index in [4.69, 9.17) is 10.6 Å². The van der Waals surface area contributed by atoms with Gasteiger partial charge in [0.15, 0.2) is 0 Å². The zero-order valence-electron chi connectivity index (χ0n) is 11.0. The molecule has 0 bridgehead atoms. The summed E-state index contributed by atoms with van der Waals surface area (Å²) in [4.78, 5) is 12.4. The minimum Gasteiger partial charge on any atom is -0.461 e. The van der Waals surface area contributed by atoms with Gasteiger partial charge in [-0.15, -0.1) is 0 Å². The first-order valence-electron chi connectivity index (χ1n) is 6.28. The van der Waals surface area contributed by atoms with Crippen molar-refractivity contribution in [3.05, 3.63) is 0 Å². The summed E-state index contributed by atoms with van der Waals surface area (Å²) in [5.41, 5.74) is 2.42. The third kappa shape index (κ3) is 3.19. The first kappa shape index (κ1) is 12.8. The molecule has 1 aliphatic rings. The van der Waals surface area contributed by atoms with Gasteiger partial charge in [0.25, 0.3) is 0 Å². The monoisotopic (exact) mass is 252 g/mol. The molecule has 1 fully saturated rings. The number of nitrogens with two attached hydrogens (primary N) is 1. The lowest BCUT2D eigenvalue weighted by molar-refractivity contribution is 0.222. The average Bonchev–Trinajstić information content (AvgIpc) is 3.06. The Morgan fingerprint density at radius 2 is 2.06 bits per heavy atom. The van der Waals surface area contributed by atoms with Crippen LogP contribution in [-0.2, 0) is 0 Å². The van der Waals surface area contributed by atoms with Crippen molar-refractivity contribution in [2.45, 2.75) is 45.8 Å². The minimum atomic E-state index is 0.00943. The highest BCUT2D eigenvalue weighted by Crippen LogP contribution is 2.35. The molecule has 0 saturated heterocycles. The van der Waals surface area contributed by atoms with Crippen molar-refractivity contribution >= 4 is 11.9 Å². The van der Waals surface area contributed by atoms with Gasteiger partial charge in [-0.05, 0) is 26.2 Å². The maximum absolute atomic E-state index is 5.45. The molecule has 1 aromatic rings. The number of anilines is 2. The predicted molar refractivity (Wildman–Crippen MR) is 69.2 cm³/mol. The molecule has 0 radical (unpaired) electrons.